The Morgan fingerprint density at radius 2 is 1.94 bits per heavy atom. The second kappa shape index (κ2) is 7.79. The van der Waals surface area contributed by atoms with Gasteiger partial charge in [-0.05, 0) is 31.2 Å². The van der Waals surface area contributed by atoms with E-state index < -0.39 is 5.54 Å². The molecule has 1 fully saturated rings. The summed E-state index contributed by atoms with van der Waals surface area (Å²) in [6.45, 7) is 4.88. The fourth-order valence-electron chi connectivity index (χ4n) is 4.08. The van der Waals surface area contributed by atoms with Crippen LogP contribution in [0.3, 0.4) is 0 Å². The van der Waals surface area contributed by atoms with Crippen molar-refractivity contribution in [1.82, 2.24) is 24.4 Å². The zero-order valence-electron chi connectivity index (χ0n) is 18.0. The lowest BCUT2D eigenvalue weighted by molar-refractivity contribution is 0.122. The maximum absolute atomic E-state index is 6.17. The van der Waals surface area contributed by atoms with Crippen molar-refractivity contribution in [2.24, 2.45) is 10.2 Å². The van der Waals surface area contributed by atoms with Crippen LogP contribution >= 0.6 is 11.6 Å². The number of fused-ring (bicyclic) bond motifs is 1. The number of hydrogen-bond acceptors (Lipinski definition) is 7. The summed E-state index contributed by atoms with van der Waals surface area (Å²) in [5.41, 5.74) is 2.69. The van der Waals surface area contributed by atoms with Crippen LogP contribution in [0.15, 0.2) is 71.2 Å². The molecular weight excluding hydrogens is 440 g/mol. The largest absolute Gasteiger partial charge is 0.378 e. The normalized spacial score (nSPS) is 20.2. The standard InChI is InChI=1S/C23H21ClN8O/c1-23(6-7-25-29-23)19-14-21-26-20(15-22(32(21)28-19)30-9-11-33-12-10-30)31-8-5-18(27-31)16-3-2-4-17(24)13-16/h2-8,13-15H,9-12H2,1H3. The minimum Gasteiger partial charge on any atom is -0.378 e. The summed E-state index contributed by atoms with van der Waals surface area (Å²) in [7, 11) is 0. The van der Waals surface area contributed by atoms with Crippen molar-refractivity contribution < 1.29 is 4.74 Å². The molecule has 5 heterocycles. The van der Waals surface area contributed by atoms with E-state index in [1.165, 1.54) is 0 Å². The third-order valence-corrected chi connectivity index (χ3v) is 6.16. The van der Waals surface area contributed by atoms with Crippen molar-refractivity contribution in [3.8, 4) is 17.1 Å². The highest BCUT2D eigenvalue weighted by Crippen LogP contribution is 2.32. The van der Waals surface area contributed by atoms with Crippen molar-refractivity contribution in [3.05, 3.63) is 71.7 Å². The molecular formula is C23H21ClN8O. The van der Waals surface area contributed by atoms with Gasteiger partial charge in [-0.3, -0.25) is 0 Å². The van der Waals surface area contributed by atoms with Gasteiger partial charge in [-0.1, -0.05) is 23.7 Å². The molecule has 1 saturated heterocycles. The molecule has 0 aliphatic carbocycles. The summed E-state index contributed by atoms with van der Waals surface area (Å²) in [4.78, 5) is 7.13. The van der Waals surface area contributed by atoms with Gasteiger partial charge in [0.25, 0.3) is 0 Å². The molecule has 1 aromatic carbocycles. The first-order valence-corrected chi connectivity index (χ1v) is 11.1. The number of rotatable bonds is 4. The second-order valence-electron chi connectivity index (χ2n) is 8.21. The first kappa shape index (κ1) is 20.1. The molecule has 0 radical (unpaired) electrons. The number of azo groups is 1. The monoisotopic (exact) mass is 460 g/mol. The predicted molar refractivity (Wildman–Crippen MR) is 125 cm³/mol. The Balaban J connectivity index is 1.47. The van der Waals surface area contributed by atoms with Crippen LogP contribution in [0.1, 0.15) is 12.6 Å². The van der Waals surface area contributed by atoms with E-state index in [2.05, 4.69) is 15.1 Å². The van der Waals surface area contributed by atoms with Crippen LogP contribution in [-0.2, 0) is 10.3 Å². The summed E-state index contributed by atoms with van der Waals surface area (Å²) in [6.07, 6.45) is 5.55. The summed E-state index contributed by atoms with van der Waals surface area (Å²) in [5.74, 6) is 1.64. The van der Waals surface area contributed by atoms with E-state index in [1.54, 1.807) is 10.9 Å². The van der Waals surface area contributed by atoms with Gasteiger partial charge in [0, 0.05) is 48.2 Å². The zero-order valence-corrected chi connectivity index (χ0v) is 18.7. The molecule has 4 aromatic rings. The third-order valence-electron chi connectivity index (χ3n) is 5.92. The van der Waals surface area contributed by atoms with E-state index >= 15 is 0 Å². The van der Waals surface area contributed by atoms with Gasteiger partial charge in [-0.25, -0.2) is 9.67 Å². The molecule has 0 N–H and O–H groups in total. The highest BCUT2D eigenvalue weighted by Gasteiger charge is 2.30. The Kier molecular flexibility index (Phi) is 4.74. The molecule has 3 aromatic heterocycles. The average molecular weight is 461 g/mol. The molecule has 0 saturated carbocycles. The number of anilines is 1. The molecule has 6 rings (SSSR count). The topological polar surface area (TPSA) is 85.2 Å². The lowest BCUT2D eigenvalue weighted by atomic mass is 10.0. The van der Waals surface area contributed by atoms with Crippen molar-refractivity contribution in [2.45, 2.75) is 12.5 Å². The number of hydrogen-bond donors (Lipinski definition) is 0. The van der Waals surface area contributed by atoms with Gasteiger partial charge in [-0.2, -0.15) is 24.9 Å². The average Bonchev–Trinajstić information content (AvgIpc) is 3.59. The Morgan fingerprint density at radius 1 is 1.06 bits per heavy atom. The fraction of sp³-hybridized carbons (Fsp3) is 0.261. The van der Waals surface area contributed by atoms with Crippen LogP contribution in [-0.4, -0.2) is 50.7 Å². The molecule has 33 heavy (non-hydrogen) atoms. The van der Waals surface area contributed by atoms with E-state index in [9.17, 15) is 0 Å². The lowest BCUT2D eigenvalue weighted by Crippen LogP contribution is -2.37. The van der Waals surface area contributed by atoms with Crippen molar-refractivity contribution in [2.75, 3.05) is 31.2 Å². The minimum atomic E-state index is -0.596. The van der Waals surface area contributed by atoms with Crippen LogP contribution in [0, 0.1) is 0 Å². The summed E-state index contributed by atoms with van der Waals surface area (Å²) >= 11 is 6.17. The number of aromatic nitrogens is 5. The number of benzene rings is 1. The smallest absolute Gasteiger partial charge is 0.160 e. The van der Waals surface area contributed by atoms with Gasteiger partial charge in [0.1, 0.15) is 11.4 Å². The van der Waals surface area contributed by atoms with Crippen LogP contribution in [0.25, 0.3) is 22.7 Å². The first-order valence-electron chi connectivity index (χ1n) is 10.7. The maximum Gasteiger partial charge on any atom is 0.160 e. The van der Waals surface area contributed by atoms with Gasteiger partial charge < -0.3 is 9.64 Å². The number of halogens is 1. The number of ether oxygens (including phenoxy) is 1. The second-order valence-corrected chi connectivity index (χ2v) is 8.64. The van der Waals surface area contributed by atoms with Crippen LogP contribution < -0.4 is 4.90 Å². The lowest BCUT2D eigenvalue weighted by Gasteiger charge is -2.29. The third kappa shape index (κ3) is 3.59. The molecule has 0 amide bonds. The Labute approximate surface area is 195 Å². The summed E-state index contributed by atoms with van der Waals surface area (Å²) < 4.78 is 9.22. The van der Waals surface area contributed by atoms with Gasteiger partial charge in [0.15, 0.2) is 11.5 Å². The molecule has 1 unspecified atom stereocenters. The maximum atomic E-state index is 6.17. The fourth-order valence-corrected chi connectivity index (χ4v) is 4.27. The van der Waals surface area contributed by atoms with E-state index in [0.717, 1.165) is 41.5 Å². The molecule has 2 aliphatic heterocycles. The van der Waals surface area contributed by atoms with Crippen molar-refractivity contribution >= 4 is 23.1 Å². The van der Waals surface area contributed by atoms with Gasteiger partial charge in [-0.15, -0.1) is 0 Å². The van der Waals surface area contributed by atoms with Gasteiger partial charge >= 0.3 is 0 Å². The summed E-state index contributed by atoms with van der Waals surface area (Å²) in [6, 6.07) is 13.6. The van der Waals surface area contributed by atoms with E-state index in [1.807, 2.05) is 66.2 Å². The SMILES string of the molecule is CC1(c2cc3nc(-n4ccc(-c5cccc(Cl)c5)n4)cc(N4CCOCC4)n3n2)C=CN=N1. The number of nitrogens with zero attached hydrogens (tertiary/aromatic N) is 8. The van der Waals surface area contributed by atoms with Crippen LogP contribution in [0.5, 0.6) is 0 Å². The van der Waals surface area contributed by atoms with Gasteiger partial charge in [0.05, 0.1) is 24.6 Å². The zero-order chi connectivity index (χ0) is 22.4. The van der Waals surface area contributed by atoms with E-state index in [-0.39, 0.29) is 0 Å². The molecule has 166 valence electrons. The van der Waals surface area contributed by atoms with Crippen LogP contribution in [0.2, 0.25) is 5.02 Å². The molecule has 2 aliphatic rings. The number of morpholine rings is 1. The molecule has 10 heteroatoms. The van der Waals surface area contributed by atoms with E-state index in [4.69, 9.17) is 31.5 Å². The highest BCUT2D eigenvalue weighted by atomic mass is 35.5. The Bertz CT molecular complexity index is 1390. The Hall–Kier alpha value is -3.56. The van der Waals surface area contributed by atoms with Crippen molar-refractivity contribution in [3.63, 3.8) is 0 Å². The molecule has 9 nitrogen and oxygen atoms in total. The molecule has 1 atom stereocenters. The summed E-state index contributed by atoms with van der Waals surface area (Å²) in [5, 5.41) is 18.7. The van der Waals surface area contributed by atoms with Crippen LogP contribution in [0.4, 0.5) is 5.82 Å². The first-order chi connectivity index (χ1) is 16.1. The van der Waals surface area contributed by atoms with Gasteiger partial charge in [0.2, 0.25) is 0 Å². The predicted octanol–water partition coefficient (Wildman–Crippen LogP) is 4.27. The quantitative estimate of drug-likeness (QED) is 0.454. The highest BCUT2D eigenvalue weighted by molar-refractivity contribution is 6.30. The Morgan fingerprint density at radius 3 is 2.73 bits per heavy atom. The van der Waals surface area contributed by atoms with E-state index in [0.29, 0.717) is 24.1 Å². The molecule has 0 spiro atoms. The van der Waals surface area contributed by atoms with Crippen molar-refractivity contribution in [1.29, 1.82) is 0 Å². The molecule has 0 bridgehead atoms. The minimum absolute atomic E-state index is 0.596.